The van der Waals surface area contributed by atoms with E-state index < -0.39 is 0 Å². The van der Waals surface area contributed by atoms with Crippen molar-refractivity contribution in [3.05, 3.63) is 63.8 Å². The van der Waals surface area contributed by atoms with Crippen molar-refractivity contribution in [1.29, 1.82) is 0 Å². The van der Waals surface area contributed by atoms with Crippen molar-refractivity contribution < 1.29 is 0 Å². The largest absolute Gasteiger partial charge is 0.268 e. The van der Waals surface area contributed by atoms with E-state index >= 15 is 0 Å². The van der Waals surface area contributed by atoms with Crippen molar-refractivity contribution in [3.63, 3.8) is 0 Å². The molecular weight excluding hydrogens is 322 g/mol. The van der Waals surface area contributed by atoms with Crippen LogP contribution < -0.4 is 0 Å². The van der Waals surface area contributed by atoms with Crippen LogP contribution in [0.2, 0.25) is 0 Å². The summed E-state index contributed by atoms with van der Waals surface area (Å²) in [6.45, 7) is 0. The Morgan fingerprint density at radius 1 is 1.05 bits per heavy atom. The lowest BCUT2D eigenvalue weighted by Gasteiger charge is -2.06. The monoisotopic (exact) mass is 331 g/mol. The summed E-state index contributed by atoms with van der Waals surface area (Å²) in [7, 11) is 0. The van der Waals surface area contributed by atoms with Gasteiger partial charge >= 0.3 is 0 Å². The molecule has 0 aliphatic rings. The predicted octanol–water partition coefficient (Wildman–Crippen LogP) is 4.36. The molecule has 0 atom stereocenters. The van der Waals surface area contributed by atoms with E-state index in [2.05, 4.69) is 26.1 Å². The number of aromatic nitrogens is 3. The van der Waals surface area contributed by atoms with E-state index in [1.165, 1.54) is 0 Å². The van der Waals surface area contributed by atoms with Gasteiger partial charge in [0.2, 0.25) is 0 Å². The molecule has 0 radical (unpaired) electrons. The zero-order chi connectivity index (χ0) is 13.2. The molecule has 0 saturated carbocycles. The van der Waals surface area contributed by atoms with Crippen molar-refractivity contribution in [3.8, 4) is 17.1 Å². The molecule has 0 aliphatic carbocycles. The topological polar surface area (TPSA) is 33.6 Å². The molecule has 0 spiro atoms. The molecule has 0 unspecified atom stereocenters. The molecule has 19 heavy (non-hydrogen) atoms. The van der Waals surface area contributed by atoms with Crippen LogP contribution in [0, 0.1) is 4.77 Å². The number of benzene rings is 2. The summed E-state index contributed by atoms with van der Waals surface area (Å²) in [5, 5.41) is 7.18. The molecule has 3 nitrogen and oxygen atoms in total. The molecule has 3 aromatic rings. The Morgan fingerprint density at radius 2 is 1.84 bits per heavy atom. The maximum absolute atomic E-state index is 5.32. The molecule has 94 valence electrons. The minimum absolute atomic E-state index is 0.584. The molecule has 0 aliphatic heterocycles. The maximum Gasteiger partial charge on any atom is 0.200 e. The number of H-pyrrole nitrogens is 1. The Kier molecular flexibility index (Phi) is 3.31. The molecule has 1 N–H and O–H groups in total. The standard InChI is InChI=1S/C14H10BrN3S/c15-11-6-4-5-10(9-11)13-16-17-14(19)18(13)12-7-2-1-3-8-12/h1-9H,(H,17,19). The third kappa shape index (κ3) is 2.39. The number of hydrogen-bond donors (Lipinski definition) is 1. The number of rotatable bonds is 2. The Morgan fingerprint density at radius 3 is 2.58 bits per heavy atom. The zero-order valence-electron chi connectivity index (χ0n) is 9.88. The summed E-state index contributed by atoms with van der Waals surface area (Å²) in [6, 6.07) is 17.9. The van der Waals surface area contributed by atoms with Gasteiger partial charge in [-0.25, -0.2) is 0 Å². The number of aromatic amines is 1. The van der Waals surface area contributed by atoms with Gasteiger partial charge in [0.25, 0.3) is 0 Å². The second-order valence-electron chi connectivity index (χ2n) is 4.03. The number of para-hydroxylation sites is 1. The van der Waals surface area contributed by atoms with E-state index in [0.29, 0.717) is 4.77 Å². The Labute approximate surface area is 124 Å². The molecule has 5 heteroatoms. The molecule has 3 rings (SSSR count). The van der Waals surface area contributed by atoms with Gasteiger partial charge in [-0.2, -0.15) is 5.10 Å². The van der Waals surface area contributed by atoms with Gasteiger partial charge in [0.15, 0.2) is 10.6 Å². The fourth-order valence-corrected chi connectivity index (χ4v) is 2.57. The van der Waals surface area contributed by atoms with Crippen LogP contribution in [0.4, 0.5) is 0 Å². The summed E-state index contributed by atoms with van der Waals surface area (Å²) in [5.41, 5.74) is 2.00. The lowest BCUT2D eigenvalue weighted by Crippen LogP contribution is -1.97. The van der Waals surface area contributed by atoms with Crippen LogP contribution in [-0.4, -0.2) is 14.8 Å². The highest BCUT2D eigenvalue weighted by molar-refractivity contribution is 9.10. The third-order valence-electron chi connectivity index (χ3n) is 2.77. The Hall–Kier alpha value is -1.72. The van der Waals surface area contributed by atoms with E-state index in [4.69, 9.17) is 12.2 Å². The second kappa shape index (κ2) is 5.11. The van der Waals surface area contributed by atoms with Crippen LogP contribution >= 0.6 is 28.1 Å². The number of nitrogens with one attached hydrogen (secondary N) is 1. The van der Waals surface area contributed by atoms with Gasteiger partial charge in [-0.3, -0.25) is 9.67 Å². The lowest BCUT2D eigenvalue weighted by molar-refractivity contribution is 1.04. The van der Waals surface area contributed by atoms with Crippen LogP contribution in [0.5, 0.6) is 0 Å². The van der Waals surface area contributed by atoms with Gasteiger partial charge in [0.1, 0.15) is 0 Å². The molecule has 0 fully saturated rings. The van der Waals surface area contributed by atoms with Crippen molar-refractivity contribution in [2.24, 2.45) is 0 Å². The third-order valence-corrected chi connectivity index (χ3v) is 3.54. The molecule has 0 saturated heterocycles. The van der Waals surface area contributed by atoms with Crippen molar-refractivity contribution in [1.82, 2.24) is 14.8 Å². The average Bonchev–Trinajstić information content (AvgIpc) is 2.82. The fourth-order valence-electron chi connectivity index (χ4n) is 1.93. The molecule has 2 aromatic carbocycles. The van der Waals surface area contributed by atoms with E-state index in [1.807, 2.05) is 59.2 Å². The predicted molar refractivity (Wildman–Crippen MR) is 81.9 cm³/mol. The summed E-state index contributed by atoms with van der Waals surface area (Å²) in [5.74, 6) is 0.803. The van der Waals surface area contributed by atoms with Crippen molar-refractivity contribution in [2.75, 3.05) is 0 Å². The van der Waals surface area contributed by atoms with Crippen LogP contribution in [-0.2, 0) is 0 Å². The van der Waals surface area contributed by atoms with Gasteiger partial charge in [-0.05, 0) is 36.5 Å². The molecular formula is C14H10BrN3S. The van der Waals surface area contributed by atoms with E-state index in [9.17, 15) is 0 Å². The van der Waals surface area contributed by atoms with Crippen LogP contribution in [0.3, 0.4) is 0 Å². The Balaban J connectivity index is 2.22. The smallest absolute Gasteiger partial charge is 0.200 e. The van der Waals surface area contributed by atoms with E-state index in [-0.39, 0.29) is 0 Å². The van der Waals surface area contributed by atoms with Crippen LogP contribution in [0.25, 0.3) is 17.1 Å². The van der Waals surface area contributed by atoms with Crippen molar-refractivity contribution in [2.45, 2.75) is 0 Å². The summed E-state index contributed by atoms with van der Waals surface area (Å²) < 4.78 is 3.52. The lowest BCUT2D eigenvalue weighted by atomic mass is 10.2. The number of halogens is 1. The summed E-state index contributed by atoms with van der Waals surface area (Å²) in [6.07, 6.45) is 0. The first kappa shape index (κ1) is 12.3. The second-order valence-corrected chi connectivity index (χ2v) is 5.34. The first-order chi connectivity index (χ1) is 9.25. The normalized spacial score (nSPS) is 10.6. The zero-order valence-corrected chi connectivity index (χ0v) is 12.3. The highest BCUT2D eigenvalue weighted by Gasteiger charge is 2.10. The Bertz CT molecular complexity index is 762. The van der Waals surface area contributed by atoms with Crippen LogP contribution in [0.1, 0.15) is 0 Å². The minimum atomic E-state index is 0.584. The van der Waals surface area contributed by atoms with Gasteiger partial charge < -0.3 is 0 Å². The molecule has 1 aromatic heterocycles. The highest BCUT2D eigenvalue weighted by atomic mass is 79.9. The maximum atomic E-state index is 5.32. The van der Waals surface area contributed by atoms with Gasteiger partial charge in [0.05, 0.1) is 0 Å². The fraction of sp³-hybridized carbons (Fsp3) is 0. The average molecular weight is 332 g/mol. The summed E-state index contributed by atoms with van der Waals surface area (Å²) in [4.78, 5) is 0. The van der Waals surface area contributed by atoms with Gasteiger partial charge in [0, 0.05) is 15.7 Å². The molecule has 0 bridgehead atoms. The summed E-state index contributed by atoms with van der Waals surface area (Å²) >= 11 is 8.79. The highest BCUT2D eigenvalue weighted by Crippen LogP contribution is 2.24. The van der Waals surface area contributed by atoms with Crippen molar-refractivity contribution >= 4 is 28.1 Å². The molecule has 1 heterocycles. The quantitative estimate of drug-likeness (QED) is 0.708. The van der Waals surface area contributed by atoms with E-state index in [1.54, 1.807) is 0 Å². The number of hydrogen-bond acceptors (Lipinski definition) is 2. The first-order valence-electron chi connectivity index (χ1n) is 5.74. The minimum Gasteiger partial charge on any atom is -0.268 e. The van der Waals surface area contributed by atoms with Gasteiger partial charge in [-0.15, -0.1) is 0 Å². The van der Waals surface area contributed by atoms with Crippen LogP contribution in [0.15, 0.2) is 59.1 Å². The van der Waals surface area contributed by atoms with Gasteiger partial charge in [-0.1, -0.05) is 46.3 Å². The first-order valence-corrected chi connectivity index (χ1v) is 6.94. The SMILES string of the molecule is S=c1[nH]nc(-c2cccc(Br)c2)n1-c1ccccc1. The number of nitrogens with zero attached hydrogens (tertiary/aromatic N) is 2. The van der Waals surface area contributed by atoms with E-state index in [0.717, 1.165) is 21.5 Å². The molecule has 0 amide bonds.